The molecule has 1 aromatic heterocycles. The van der Waals surface area contributed by atoms with Gasteiger partial charge < -0.3 is 9.42 Å². The van der Waals surface area contributed by atoms with E-state index in [1.165, 1.54) is 5.56 Å². The van der Waals surface area contributed by atoms with Gasteiger partial charge in [-0.1, -0.05) is 23.4 Å². The normalized spacial score (nSPS) is 17.8. The van der Waals surface area contributed by atoms with Crippen molar-refractivity contribution in [1.82, 2.24) is 15.0 Å². The van der Waals surface area contributed by atoms with Gasteiger partial charge in [0.25, 0.3) is 0 Å². The number of anilines is 2. The van der Waals surface area contributed by atoms with Gasteiger partial charge in [-0.2, -0.15) is 0 Å². The average molecular weight is 397 g/mol. The topological polar surface area (TPSA) is 81.9 Å². The Morgan fingerprint density at radius 1 is 1.07 bits per heavy atom. The summed E-state index contributed by atoms with van der Waals surface area (Å²) in [6.07, 6.45) is 2.05. The van der Waals surface area contributed by atoms with Crippen LogP contribution in [0.1, 0.15) is 17.7 Å². The van der Waals surface area contributed by atoms with Crippen LogP contribution >= 0.6 is 0 Å². The van der Waals surface area contributed by atoms with Crippen LogP contribution in [0.15, 0.2) is 34.9 Å². The molecule has 29 heavy (non-hydrogen) atoms. The summed E-state index contributed by atoms with van der Waals surface area (Å²) in [7, 11) is 0. The molecule has 1 fully saturated rings. The molecule has 8 nitrogen and oxygen atoms in total. The fourth-order valence-corrected chi connectivity index (χ4v) is 3.98. The zero-order chi connectivity index (χ0) is 20.2. The number of nitrogens with one attached hydrogen (secondary N) is 1. The fourth-order valence-electron chi connectivity index (χ4n) is 3.98. The van der Waals surface area contributed by atoms with Crippen molar-refractivity contribution in [2.24, 2.45) is 0 Å². The molecule has 3 heterocycles. The SMILES string of the molecule is Cc1cc(NC(=O)CN2CCN(CC(=O)N3CCCc4ccccc43)CC2)on1. The van der Waals surface area contributed by atoms with E-state index in [0.717, 1.165) is 56.9 Å². The number of aromatic nitrogens is 1. The molecule has 0 bridgehead atoms. The molecule has 0 aliphatic carbocycles. The summed E-state index contributed by atoms with van der Waals surface area (Å²) in [6, 6.07) is 9.87. The second-order valence-electron chi connectivity index (χ2n) is 7.71. The van der Waals surface area contributed by atoms with Crippen molar-refractivity contribution in [3.8, 4) is 0 Å². The number of carbonyl (C=O) groups is 2. The Morgan fingerprint density at radius 2 is 1.79 bits per heavy atom. The number of rotatable bonds is 5. The molecule has 2 aliphatic heterocycles. The zero-order valence-electron chi connectivity index (χ0n) is 16.8. The largest absolute Gasteiger partial charge is 0.338 e. The number of fused-ring (bicyclic) bond motifs is 1. The molecule has 8 heteroatoms. The van der Waals surface area contributed by atoms with Crippen LogP contribution in [0.3, 0.4) is 0 Å². The number of benzene rings is 1. The third-order valence-electron chi connectivity index (χ3n) is 5.49. The summed E-state index contributed by atoms with van der Waals surface area (Å²) in [4.78, 5) is 31.2. The molecule has 2 amide bonds. The van der Waals surface area contributed by atoms with E-state index in [0.29, 0.717) is 19.0 Å². The molecule has 1 aromatic carbocycles. The Kier molecular flexibility index (Phi) is 5.92. The lowest BCUT2D eigenvalue weighted by Crippen LogP contribution is -2.52. The highest BCUT2D eigenvalue weighted by atomic mass is 16.5. The van der Waals surface area contributed by atoms with Gasteiger partial charge in [-0.05, 0) is 31.4 Å². The van der Waals surface area contributed by atoms with Crippen LogP contribution in [-0.4, -0.2) is 72.6 Å². The lowest BCUT2D eigenvalue weighted by atomic mass is 10.0. The number of amides is 2. The molecule has 2 aromatic rings. The molecule has 0 saturated carbocycles. The highest BCUT2D eigenvalue weighted by Gasteiger charge is 2.26. The monoisotopic (exact) mass is 397 g/mol. The van der Waals surface area contributed by atoms with Gasteiger partial charge in [0.15, 0.2) is 0 Å². The third-order valence-corrected chi connectivity index (χ3v) is 5.49. The summed E-state index contributed by atoms with van der Waals surface area (Å²) in [5.74, 6) is 0.415. The second-order valence-corrected chi connectivity index (χ2v) is 7.71. The lowest BCUT2D eigenvalue weighted by Gasteiger charge is -2.36. The maximum Gasteiger partial charge on any atom is 0.241 e. The maximum absolute atomic E-state index is 12.9. The molecule has 0 unspecified atom stereocenters. The minimum absolute atomic E-state index is 0.115. The van der Waals surface area contributed by atoms with Crippen molar-refractivity contribution in [3.63, 3.8) is 0 Å². The van der Waals surface area contributed by atoms with Crippen LogP contribution < -0.4 is 10.2 Å². The van der Waals surface area contributed by atoms with E-state index < -0.39 is 0 Å². The van der Waals surface area contributed by atoms with Gasteiger partial charge >= 0.3 is 0 Å². The van der Waals surface area contributed by atoms with Gasteiger partial charge in [-0.15, -0.1) is 0 Å². The Bertz CT molecular complexity index is 873. The molecule has 1 saturated heterocycles. The van der Waals surface area contributed by atoms with Crippen LogP contribution in [-0.2, 0) is 16.0 Å². The first-order valence-electron chi connectivity index (χ1n) is 10.1. The molecule has 0 spiro atoms. The highest BCUT2D eigenvalue weighted by molar-refractivity contribution is 5.96. The summed E-state index contributed by atoms with van der Waals surface area (Å²) >= 11 is 0. The molecule has 2 aliphatic rings. The quantitative estimate of drug-likeness (QED) is 0.824. The van der Waals surface area contributed by atoms with Crippen LogP contribution in [0.2, 0.25) is 0 Å². The maximum atomic E-state index is 12.9. The van der Waals surface area contributed by atoms with Crippen LogP contribution in [0, 0.1) is 6.92 Å². The van der Waals surface area contributed by atoms with Crippen molar-refractivity contribution in [2.75, 3.05) is 56.0 Å². The predicted octanol–water partition coefficient (Wildman–Crippen LogP) is 1.52. The Balaban J connectivity index is 1.24. The Morgan fingerprint density at radius 3 is 2.52 bits per heavy atom. The van der Waals surface area contributed by atoms with E-state index in [9.17, 15) is 9.59 Å². The first kappa shape index (κ1) is 19.6. The van der Waals surface area contributed by atoms with Crippen molar-refractivity contribution in [2.45, 2.75) is 19.8 Å². The summed E-state index contributed by atoms with van der Waals surface area (Å²) in [5, 5.41) is 6.48. The van der Waals surface area contributed by atoms with Crippen molar-refractivity contribution in [3.05, 3.63) is 41.6 Å². The summed E-state index contributed by atoms with van der Waals surface area (Å²) in [5.41, 5.74) is 3.04. The van der Waals surface area contributed by atoms with Gasteiger partial charge in [0.1, 0.15) is 0 Å². The molecular formula is C21H27N5O3. The van der Waals surface area contributed by atoms with E-state index in [2.05, 4.69) is 26.3 Å². The van der Waals surface area contributed by atoms with E-state index in [4.69, 9.17) is 4.52 Å². The number of nitrogens with zero attached hydrogens (tertiary/aromatic N) is 4. The molecule has 0 atom stereocenters. The number of piperazine rings is 1. The molecule has 154 valence electrons. The molecule has 4 rings (SSSR count). The number of para-hydroxylation sites is 1. The first-order chi connectivity index (χ1) is 14.1. The Hall–Kier alpha value is -2.71. The minimum Gasteiger partial charge on any atom is -0.338 e. The molecular weight excluding hydrogens is 370 g/mol. The zero-order valence-corrected chi connectivity index (χ0v) is 16.8. The Labute approximate surface area is 170 Å². The second kappa shape index (κ2) is 8.75. The smallest absolute Gasteiger partial charge is 0.241 e. The highest BCUT2D eigenvalue weighted by Crippen LogP contribution is 2.26. The van der Waals surface area contributed by atoms with Crippen molar-refractivity contribution in [1.29, 1.82) is 0 Å². The number of aryl methyl sites for hydroxylation is 2. The molecule has 1 N–H and O–H groups in total. The van der Waals surface area contributed by atoms with Gasteiger partial charge in [0.2, 0.25) is 17.7 Å². The van der Waals surface area contributed by atoms with Gasteiger partial charge in [0.05, 0.1) is 18.8 Å². The van der Waals surface area contributed by atoms with E-state index in [1.807, 2.05) is 30.0 Å². The van der Waals surface area contributed by atoms with Crippen LogP contribution in [0.4, 0.5) is 11.6 Å². The number of carbonyl (C=O) groups excluding carboxylic acids is 2. The third kappa shape index (κ3) is 4.83. The van der Waals surface area contributed by atoms with E-state index in [-0.39, 0.29) is 11.8 Å². The van der Waals surface area contributed by atoms with Crippen LogP contribution in [0.5, 0.6) is 0 Å². The van der Waals surface area contributed by atoms with E-state index >= 15 is 0 Å². The summed E-state index contributed by atoms with van der Waals surface area (Å²) < 4.78 is 5.02. The summed E-state index contributed by atoms with van der Waals surface area (Å²) in [6.45, 7) is 6.39. The van der Waals surface area contributed by atoms with Gasteiger partial charge in [-0.3, -0.25) is 24.7 Å². The first-order valence-corrected chi connectivity index (χ1v) is 10.1. The van der Waals surface area contributed by atoms with Gasteiger partial charge in [0, 0.05) is 44.5 Å². The fraction of sp³-hybridized carbons (Fsp3) is 0.476. The average Bonchev–Trinajstić information content (AvgIpc) is 3.13. The minimum atomic E-state index is -0.115. The van der Waals surface area contributed by atoms with Gasteiger partial charge in [-0.25, -0.2) is 0 Å². The van der Waals surface area contributed by atoms with Crippen molar-refractivity contribution >= 4 is 23.4 Å². The van der Waals surface area contributed by atoms with E-state index in [1.54, 1.807) is 6.07 Å². The lowest BCUT2D eigenvalue weighted by molar-refractivity contribution is -0.121. The standard InChI is InChI=1S/C21H27N5O3/c1-16-13-20(29-23-16)22-19(27)14-24-9-11-25(12-10-24)15-21(28)26-8-4-6-17-5-2-3-7-18(17)26/h2-3,5,7,13H,4,6,8-12,14-15H2,1H3,(H,22,27). The molecule has 0 radical (unpaired) electrons. The predicted molar refractivity (Wildman–Crippen MR) is 110 cm³/mol. The van der Waals surface area contributed by atoms with Crippen LogP contribution in [0.25, 0.3) is 0 Å². The number of hydrogen-bond acceptors (Lipinski definition) is 6. The van der Waals surface area contributed by atoms with Crippen molar-refractivity contribution < 1.29 is 14.1 Å². The number of hydrogen-bond donors (Lipinski definition) is 1.